The predicted molar refractivity (Wildman–Crippen MR) is 130 cm³/mol. The molecule has 0 unspecified atom stereocenters. The second-order valence-electron chi connectivity index (χ2n) is 7.73. The van der Waals surface area contributed by atoms with Crippen molar-refractivity contribution in [3.8, 4) is 11.8 Å². The van der Waals surface area contributed by atoms with Crippen molar-refractivity contribution < 1.29 is 30.8 Å². The molecule has 198 valence electrons. The Bertz CT molecular complexity index is 1740. The van der Waals surface area contributed by atoms with E-state index in [1.165, 1.54) is 36.4 Å². The monoisotopic (exact) mass is 570 g/mol. The molecule has 0 aliphatic carbocycles. The van der Waals surface area contributed by atoms with Crippen molar-refractivity contribution in [2.24, 2.45) is 7.05 Å². The molecule has 1 aromatic heterocycles. The van der Waals surface area contributed by atoms with Crippen LogP contribution in [0.3, 0.4) is 0 Å². The lowest BCUT2D eigenvalue weighted by Gasteiger charge is -2.21. The number of amides is 1. The SMILES string of the molecule is Cn1c(C(F)(F)F)cc(=O)n(-c2cc(N(C(=O)/C=C/c3ccc(Cl)cc3)S(C)(=O)=O)c(C#N)cc2F)c1=O. The standard InChI is InChI=1S/C23H15ClF4N4O5S/c1-30-19(23(26,27)28)11-21(34)31(22(30)35)18-10-17(14(12-29)9-16(18)25)32(38(2,36)37)20(33)8-5-13-3-6-15(24)7-4-13/h3-11H,1-2H3/b8-5+. The van der Waals surface area contributed by atoms with Crippen LogP contribution in [0.25, 0.3) is 11.8 Å². The molecule has 15 heteroatoms. The van der Waals surface area contributed by atoms with Gasteiger partial charge in [-0.25, -0.2) is 26.5 Å². The van der Waals surface area contributed by atoms with E-state index in [-0.39, 0.29) is 19.5 Å². The number of hydrogen-bond donors (Lipinski definition) is 0. The van der Waals surface area contributed by atoms with Crippen LogP contribution in [0.15, 0.2) is 58.1 Å². The van der Waals surface area contributed by atoms with E-state index in [0.29, 0.717) is 36.0 Å². The molecular formula is C23H15ClF4N4O5S. The molecule has 0 atom stereocenters. The van der Waals surface area contributed by atoms with Crippen LogP contribution in [0.1, 0.15) is 16.8 Å². The lowest BCUT2D eigenvalue weighted by molar-refractivity contribution is -0.144. The molecule has 3 rings (SSSR count). The fourth-order valence-electron chi connectivity index (χ4n) is 3.37. The molecule has 0 radical (unpaired) electrons. The molecule has 0 aliphatic heterocycles. The Balaban J connectivity index is 2.26. The molecule has 9 nitrogen and oxygen atoms in total. The first-order valence-corrected chi connectivity index (χ1v) is 12.4. The van der Waals surface area contributed by atoms with Gasteiger partial charge < -0.3 is 0 Å². The number of carbonyl (C=O) groups is 1. The number of carbonyl (C=O) groups excluding carboxylic acids is 1. The highest BCUT2D eigenvalue weighted by Gasteiger charge is 2.35. The van der Waals surface area contributed by atoms with Gasteiger partial charge in [-0.3, -0.25) is 14.2 Å². The zero-order valence-corrected chi connectivity index (χ0v) is 20.9. The number of alkyl halides is 3. The summed E-state index contributed by atoms with van der Waals surface area (Å²) in [5.74, 6) is -2.63. The summed E-state index contributed by atoms with van der Waals surface area (Å²) in [5, 5.41) is 9.87. The van der Waals surface area contributed by atoms with E-state index in [0.717, 1.165) is 6.08 Å². The Morgan fingerprint density at radius 2 is 1.74 bits per heavy atom. The van der Waals surface area contributed by atoms with Gasteiger partial charge in [0.25, 0.3) is 11.5 Å². The third-order valence-corrected chi connectivity index (χ3v) is 6.37. The average molecular weight is 571 g/mol. The van der Waals surface area contributed by atoms with Crippen molar-refractivity contribution in [3.63, 3.8) is 0 Å². The minimum atomic E-state index is -5.09. The summed E-state index contributed by atoms with van der Waals surface area (Å²) >= 11 is 5.80. The highest BCUT2D eigenvalue weighted by Crippen LogP contribution is 2.29. The molecule has 1 amide bonds. The van der Waals surface area contributed by atoms with Crippen LogP contribution in [0.2, 0.25) is 5.02 Å². The maximum atomic E-state index is 14.9. The summed E-state index contributed by atoms with van der Waals surface area (Å²) in [6, 6.07) is 8.59. The van der Waals surface area contributed by atoms with Crippen molar-refractivity contribution in [1.29, 1.82) is 5.26 Å². The maximum absolute atomic E-state index is 14.9. The molecule has 0 saturated carbocycles. The van der Waals surface area contributed by atoms with Gasteiger partial charge in [-0.05, 0) is 35.9 Å². The lowest BCUT2D eigenvalue weighted by atomic mass is 10.1. The average Bonchev–Trinajstić information content (AvgIpc) is 2.81. The summed E-state index contributed by atoms with van der Waals surface area (Å²) in [7, 11) is -3.82. The highest BCUT2D eigenvalue weighted by molar-refractivity contribution is 7.92. The molecule has 1 heterocycles. The maximum Gasteiger partial charge on any atom is 0.431 e. The molecule has 0 N–H and O–H groups in total. The van der Waals surface area contributed by atoms with Gasteiger partial charge in [-0.2, -0.15) is 18.4 Å². The number of sulfonamides is 1. The van der Waals surface area contributed by atoms with Gasteiger partial charge in [0.15, 0.2) is 0 Å². The van der Waals surface area contributed by atoms with Crippen LogP contribution in [-0.2, 0) is 28.0 Å². The van der Waals surface area contributed by atoms with E-state index in [1.807, 2.05) is 0 Å². The minimum Gasteiger partial charge on any atom is -0.292 e. The number of aromatic nitrogens is 2. The van der Waals surface area contributed by atoms with E-state index in [9.17, 15) is 45.6 Å². The largest absolute Gasteiger partial charge is 0.431 e. The van der Waals surface area contributed by atoms with Crippen LogP contribution in [0.4, 0.5) is 23.2 Å². The van der Waals surface area contributed by atoms with Gasteiger partial charge in [0, 0.05) is 24.2 Å². The molecule has 0 fully saturated rings. The van der Waals surface area contributed by atoms with E-state index >= 15 is 0 Å². The van der Waals surface area contributed by atoms with E-state index in [1.54, 1.807) is 0 Å². The van der Waals surface area contributed by atoms with Crippen LogP contribution < -0.4 is 15.6 Å². The first kappa shape index (κ1) is 28.4. The first-order chi connectivity index (χ1) is 17.6. The molecule has 0 saturated heterocycles. The zero-order chi connectivity index (χ0) is 28.6. The Morgan fingerprint density at radius 1 is 1.13 bits per heavy atom. The predicted octanol–water partition coefficient (Wildman–Crippen LogP) is 3.23. The van der Waals surface area contributed by atoms with Crippen LogP contribution in [0.5, 0.6) is 0 Å². The summed E-state index contributed by atoms with van der Waals surface area (Å²) in [5.41, 5.74) is -6.78. The molecule has 0 bridgehead atoms. The molecule has 3 aromatic rings. The zero-order valence-electron chi connectivity index (χ0n) is 19.3. The van der Waals surface area contributed by atoms with Crippen LogP contribution >= 0.6 is 11.6 Å². The number of anilines is 1. The van der Waals surface area contributed by atoms with E-state index < -0.39 is 61.8 Å². The molecule has 0 spiro atoms. The number of rotatable bonds is 5. The van der Waals surface area contributed by atoms with Gasteiger partial charge >= 0.3 is 11.9 Å². The fourth-order valence-corrected chi connectivity index (χ4v) is 4.39. The van der Waals surface area contributed by atoms with E-state index in [2.05, 4.69) is 0 Å². The minimum absolute atomic E-state index is 0.0176. The smallest absolute Gasteiger partial charge is 0.292 e. The first-order valence-electron chi connectivity index (χ1n) is 10.2. The Kier molecular flexibility index (Phi) is 7.66. The van der Waals surface area contributed by atoms with Gasteiger partial charge in [-0.15, -0.1) is 0 Å². The second kappa shape index (κ2) is 10.3. The van der Waals surface area contributed by atoms with Gasteiger partial charge in [0.1, 0.15) is 17.6 Å². The number of nitriles is 1. The van der Waals surface area contributed by atoms with Crippen molar-refractivity contribution in [2.45, 2.75) is 6.18 Å². The number of benzene rings is 2. The topological polar surface area (TPSA) is 122 Å². The number of nitrogens with zero attached hydrogens (tertiary/aromatic N) is 4. The fraction of sp³-hybridized carbons (Fsp3) is 0.130. The summed E-state index contributed by atoms with van der Waals surface area (Å²) < 4.78 is 79.8. The van der Waals surface area contributed by atoms with Gasteiger partial charge in [0.2, 0.25) is 10.0 Å². The van der Waals surface area contributed by atoms with E-state index in [4.69, 9.17) is 11.6 Å². The van der Waals surface area contributed by atoms with Crippen molar-refractivity contribution >= 4 is 39.3 Å². The Labute approximate surface area is 217 Å². The summed E-state index contributed by atoms with van der Waals surface area (Å²) in [6.45, 7) is 0. The number of halogens is 5. The number of hydrogen-bond acceptors (Lipinski definition) is 6. The molecule has 0 aliphatic rings. The Hall–Kier alpha value is -4.22. The Morgan fingerprint density at radius 3 is 2.26 bits per heavy atom. The van der Waals surface area contributed by atoms with Crippen molar-refractivity contribution in [1.82, 2.24) is 9.13 Å². The summed E-state index contributed by atoms with van der Waals surface area (Å²) in [6.07, 6.45) is -2.42. The van der Waals surface area contributed by atoms with Gasteiger partial charge in [-0.1, -0.05) is 23.7 Å². The third-order valence-electron chi connectivity index (χ3n) is 5.08. The third kappa shape index (κ3) is 5.68. The molecule has 38 heavy (non-hydrogen) atoms. The van der Waals surface area contributed by atoms with Crippen LogP contribution in [0, 0.1) is 17.1 Å². The van der Waals surface area contributed by atoms with Crippen LogP contribution in [-0.4, -0.2) is 29.7 Å². The van der Waals surface area contributed by atoms with Crippen molar-refractivity contribution in [2.75, 3.05) is 10.6 Å². The quantitative estimate of drug-likeness (QED) is 0.343. The molecule has 2 aromatic carbocycles. The normalized spacial score (nSPS) is 11.9. The molecular weight excluding hydrogens is 556 g/mol. The van der Waals surface area contributed by atoms with Gasteiger partial charge in [0.05, 0.1) is 23.2 Å². The highest BCUT2D eigenvalue weighted by atomic mass is 35.5. The van der Waals surface area contributed by atoms with Crippen molar-refractivity contribution in [3.05, 3.63) is 97.0 Å². The second-order valence-corrected chi connectivity index (χ2v) is 9.99. The summed E-state index contributed by atoms with van der Waals surface area (Å²) in [4.78, 5) is 38.0. The lowest BCUT2D eigenvalue weighted by Crippen LogP contribution is -2.41.